The monoisotopic (exact) mass is 227 g/mol. The lowest BCUT2D eigenvalue weighted by atomic mass is 10.2. The van der Waals surface area contributed by atoms with Crippen LogP contribution in [0.15, 0.2) is 16.9 Å². The van der Waals surface area contributed by atoms with Crippen molar-refractivity contribution in [1.82, 2.24) is 15.2 Å². The van der Waals surface area contributed by atoms with Crippen LogP contribution in [0.5, 0.6) is 0 Å². The van der Waals surface area contributed by atoms with E-state index in [9.17, 15) is 0 Å². The van der Waals surface area contributed by atoms with Crippen LogP contribution in [0.2, 0.25) is 0 Å². The van der Waals surface area contributed by atoms with E-state index in [0.717, 1.165) is 10.9 Å². The van der Waals surface area contributed by atoms with E-state index in [1.807, 2.05) is 0 Å². The van der Waals surface area contributed by atoms with Gasteiger partial charge in [0.2, 0.25) is 0 Å². The zero-order valence-electron chi connectivity index (χ0n) is 6.08. The molecule has 2 heterocycles. The molecular formula is C7H6BrN3O. The third-order valence-corrected chi connectivity index (χ3v) is 2.05. The lowest BCUT2D eigenvalue weighted by Crippen LogP contribution is -1.87. The van der Waals surface area contributed by atoms with Crippen LogP contribution in [-0.2, 0) is 6.61 Å². The van der Waals surface area contributed by atoms with Crippen molar-refractivity contribution in [3.63, 3.8) is 0 Å². The molecule has 5 heteroatoms. The molecule has 0 unspecified atom stereocenters. The first kappa shape index (κ1) is 7.70. The van der Waals surface area contributed by atoms with Gasteiger partial charge >= 0.3 is 0 Å². The van der Waals surface area contributed by atoms with Gasteiger partial charge < -0.3 is 5.11 Å². The maximum Gasteiger partial charge on any atom is 0.156 e. The lowest BCUT2D eigenvalue weighted by molar-refractivity contribution is 0.283. The Morgan fingerprint density at radius 3 is 3.17 bits per heavy atom. The van der Waals surface area contributed by atoms with Gasteiger partial charge in [0, 0.05) is 5.39 Å². The number of rotatable bonds is 1. The highest BCUT2D eigenvalue weighted by Gasteiger charge is 2.04. The molecule has 0 bridgehead atoms. The number of aromatic amines is 1. The number of aliphatic hydroxyl groups is 1. The van der Waals surface area contributed by atoms with Gasteiger partial charge in [-0.25, -0.2) is 4.98 Å². The molecule has 0 amide bonds. The molecule has 12 heavy (non-hydrogen) atoms. The molecule has 0 fully saturated rings. The Morgan fingerprint density at radius 2 is 2.42 bits per heavy atom. The van der Waals surface area contributed by atoms with Crippen LogP contribution in [0, 0.1) is 0 Å². The first-order valence-electron chi connectivity index (χ1n) is 3.40. The highest BCUT2D eigenvalue weighted by atomic mass is 79.9. The van der Waals surface area contributed by atoms with Gasteiger partial charge in [0.15, 0.2) is 5.65 Å². The predicted octanol–water partition coefficient (Wildman–Crippen LogP) is 1.21. The summed E-state index contributed by atoms with van der Waals surface area (Å²) in [6.45, 7) is -0.00282. The Labute approximate surface area is 76.8 Å². The molecule has 0 spiro atoms. The Hall–Kier alpha value is -0.940. The largest absolute Gasteiger partial charge is 0.392 e. The number of H-pyrrole nitrogens is 1. The third kappa shape index (κ3) is 1.11. The maximum absolute atomic E-state index is 8.99. The summed E-state index contributed by atoms with van der Waals surface area (Å²) in [5.41, 5.74) is 1.51. The van der Waals surface area contributed by atoms with Crippen LogP contribution in [-0.4, -0.2) is 20.3 Å². The highest BCUT2D eigenvalue weighted by molar-refractivity contribution is 9.10. The summed E-state index contributed by atoms with van der Waals surface area (Å²) < 4.78 is 0.698. The van der Waals surface area contributed by atoms with Crippen molar-refractivity contribution >= 4 is 27.0 Å². The van der Waals surface area contributed by atoms with E-state index in [2.05, 4.69) is 31.1 Å². The number of halogens is 1. The van der Waals surface area contributed by atoms with Crippen LogP contribution in [0.1, 0.15) is 5.56 Å². The second kappa shape index (κ2) is 2.84. The van der Waals surface area contributed by atoms with Crippen LogP contribution in [0.4, 0.5) is 0 Å². The molecule has 2 rings (SSSR count). The zero-order chi connectivity index (χ0) is 8.55. The topological polar surface area (TPSA) is 61.8 Å². The standard InChI is InChI=1S/C7H6BrN3O/c8-6-1-4(3-12)5-2-9-11-7(5)10-6/h1-2,12H,3H2,(H,9,10,11). The molecule has 62 valence electrons. The minimum atomic E-state index is -0.00282. The van der Waals surface area contributed by atoms with E-state index in [0.29, 0.717) is 10.3 Å². The number of aliphatic hydroxyl groups excluding tert-OH is 1. The molecule has 0 aliphatic rings. The van der Waals surface area contributed by atoms with E-state index < -0.39 is 0 Å². The molecule has 0 aliphatic heterocycles. The van der Waals surface area contributed by atoms with Gasteiger partial charge in [-0.05, 0) is 27.6 Å². The molecule has 0 atom stereocenters. The number of fused-ring (bicyclic) bond motifs is 1. The van der Waals surface area contributed by atoms with Crippen LogP contribution in [0.25, 0.3) is 11.0 Å². The lowest BCUT2D eigenvalue weighted by Gasteiger charge is -1.97. The minimum absolute atomic E-state index is 0.00282. The quantitative estimate of drug-likeness (QED) is 0.721. The van der Waals surface area contributed by atoms with E-state index in [1.165, 1.54) is 0 Å². The average molecular weight is 228 g/mol. The number of hydrogen-bond acceptors (Lipinski definition) is 3. The second-order valence-corrected chi connectivity index (χ2v) is 3.21. The molecule has 2 aromatic rings. The molecule has 0 radical (unpaired) electrons. The van der Waals surface area contributed by atoms with E-state index in [4.69, 9.17) is 5.11 Å². The first-order chi connectivity index (χ1) is 5.81. The van der Waals surface area contributed by atoms with Gasteiger partial charge in [0.25, 0.3) is 0 Å². The fourth-order valence-electron chi connectivity index (χ4n) is 1.09. The highest BCUT2D eigenvalue weighted by Crippen LogP contribution is 2.18. The molecular weight excluding hydrogens is 222 g/mol. The Balaban J connectivity index is 2.80. The summed E-state index contributed by atoms with van der Waals surface area (Å²) in [4.78, 5) is 4.13. The van der Waals surface area contributed by atoms with Gasteiger partial charge in [-0.3, -0.25) is 5.10 Å². The van der Waals surface area contributed by atoms with Crippen LogP contribution < -0.4 is 0 Å². The Kier molecular flexibility index (Phi) is 1.82. The van der Waals surface area contributed by atoms with Crippen molar-refractivity contribution in [3.8, 4) is 0 Å². The maximum atomic E-state index is 8.99. The summed E-state index contributed by atoms with van der Waals surface area (Å²) in [5, 5.41) is 16.4. The Morgan fingerprint density at radius 1 is 1.58 bits per heavy atom. The van der Waals surface area contributed by atoms with E-state index in [-0.39, 0.29) is 6.61 Å². The SMILES string of the molecule is OCc1cc(Br)nc2[nH]ncc12. The smallest absolute Gasteiger partial charge is 0.156 e. The number of nitrogens with one attached hydrogen (secondary N) is 1. The molecule has 0 saturated heterocycles. The molecule has 2 aromatic heterocycles. The van der Waals surface area contributed by atoms with Crippen LogP contribution in [0.3, 0.4) is 0 Å². The molecule has 0 aliphatic carbocycles. The van der Waals surface area contributed by atoms with Gasteiger partial charge in [-0.15, -0.1) is 0 Å². The van der Waals surface area contributed by atoms with Gasteiger partial charge in [0.1, 0.15) is 4.60 Å². The summed E-state index contributed by atoms with van der Waals surface area (Å²) in [7, 11) is 0. The number of nitrogens with zero attached hydrogens (tertiary/aromatic N) is 2. The fraction of sp³-hybridized carbons (Fsp3) is 0.143. The summed E-state index contributed by atoms with van der Waals surface area (Å²) in [6.07, 6.45) is 1.65. The van der Waals surface area contributed by atoms with Crippen molar-refractivity contribution in [3.05, 3.63) is 22.4 Å². The Bertz CT molecular complexity index is 412. The van der Waals surface area contributed by atoms with Crippen molar-refractivity contribution in [2.24, 2.45) is 0 Å². The predicted molar refractivity (Wildman–Crippen MR) is 47.5 cm³/mol. The fourth-order valence-corrected chi connectivity index (χ4v) is 1.54. The summed E-state index contributed by atoms with van der Waals surface area (Å²) in [6, 6.07) is 1.78. The molecule has 0 aromatic carbocycles. The normalized spacial score (nSPS) is 10.8. The zero-order valence-corrected chi connectivity index (χ0v) is 7.67. The van der Waals surface area contributed by atoms with Crippen molar-refractivity contribution < 1.29 is 5.11 Å². The number of hydrogen-bond donors (Lipinski definition) is 2. The summed E-state index contributed by atoms with van der Waals surface area (Å²) in [5.74, 6) is 0. The third-order valence-electron chi connectivity index (χ3n) is 1.65. The molecule has 2 N–H and O–H groups in total. The van der Waals surface area contributed by atoms with Crippen molar-refractivity contribution in [1.29, 1.82) is 0 Å². The van der Waals surface area contributed by atoms with Gasteiger partial charge in [-0.2, -0.15) is 5.10 Å². The molecule has 0 saturated carbocycles. The minimum Gasteiger partial charge on any atom is -0.392 e. The average Bonchev–Trinajstić information content (AvgIpc) is 2.50. The molecule has 4 nitrogen and oxygen atoms in total. The van der Waals surface area contributed by atoms with Gasteiger partial charge in [-0.1, -0.05) is 0 Å². The summed E-state index contributed by atoms with van der Waals surface area (Å²) >= 11 is 3.24. The van der Waals surface area contributed by atoms with Crippen LogP contribution >= 0.6 is 15.9 Å². The second-order valence-electron chi connectivity index (χ2n) is 2.39. The van der Waals surface area contributed by atoms with Gasteiger partial charge in [0.05, 0.1) is 12.8 Å². The first-order valence-corrected chi connectivity index (χ1v) is 4.20. The van der Waals surface area contributed by atoms with Crippen molar-refractivity contribution in [2.75, 3.05) is 0 Å². The number of pyridine rings is 1. The van der Waals surface area contributed by atoms with E-state index >= 15 is 0 Å². The number of aromatic nitrogens is 3. The van der Waals surface area contributed by atoms with E-state index in [1.54, 1.807) is 12.3 Å². The van der Waals surface area contributed by atoms with Crippen molar-refractivity contribution in [2.45, 2.75) is 6.61 Å².